The van der Waals surface area contributed by atoms with Gasteiger partial charge in [-0.2, -0.15) is 9.61 Å². The van der Waals surface area contributed by atoms with Gasteiger partial charge < -0.3 is 4.74 Å². The lowest BCUT2D eigenvalue weighted by Gasteiger charge is -2.07. The first kappa shape index (κ1) is 18.1. The first-order valence-electron chi connectivity index (χ1n) is 9.03. The summed E-state index contributed by atoms with van der Waals surface area (Å²) in [6, 6.07) is 16.1. The summed E-state index contributed by atoms with van der Waals surface area (Å²) in [5.41, 5.74) is 2.60. The Morgan fingerprint density at radius 3 is 2.87 bits per heavy atom. The Labute approximate surface area is 173 Å². The quantitative estimate of drug-likeness (QED) is 0.311. The van der Waals surface area contributed by atoms with Crippen LogP contribution in [0.4, 0.5) is 5.69 Å². The molecule has 0 aliphatic rings. The molecule has 0 aliphatic carbocycles. The molecule has 0 saturated carbocycles. The molecule has 0 atom stereocenters. The summed E-state index contributed by atoms with van der Waals surface area (Å²) < 4.78 is 7.44. The number of ether oxygens (including phenoxy) is 1. The van der Waals surface area contributed by atoms with Crippen molar-refractivity contribution in [3.8, 4) is 16.5 Å². The van der Waals surface area contributed by atoms with Crippen molar-refractivity contribution in [2.75, 3.05) is 0 Å². The molecule has 3 aromatic heterocycles. The first-order chi connectivity index (χ1) is 14.6. The molecule has 30 heavy (non-hydrogen) atoms. The van der Waals surface area contributed by atoms with Crippen LogP contribution >= 0.6 is 11.3 Å². The third kappa shape index (κ3) is 3.22. The van der Waals surface area contributed by atoms with Crippen LogP contribution in [-0.2, 0) is 6.61 Å². The zero-order valence-electron chi connectivity index (χ0n) is 15.7. The van der Waals surface area contributed by atoms with Gasteiger partial charge in [0.15, 0.2) is 12.4 Å². The predicted molar refractivity (Wildman–Crippen MR) is 112 cm³/mol. The smallest absolute Gasteiger partial charge is 0.270 e. The van der Waals surface area contributed by atoms with Gasteiger partial charge in [0, 0.05) is 29.1 Å². The molecule has 2 aromatic carbocycles. The number of hydrogen-bond donors (Lipinski definition) is 0. The number of aryl methyl sites for hydroxylation is 1. The highest BCUT2D eigenvalue weighted by Crippen LogP contribution is 2.28. The van der Waals surface area contributed by atoms with Gasteiger partial charge in [-0.25, -0.2) is 4.98 Å². The molecule has 0 unspecified atom stereocenters. The highest BCUT2D eigenvalue weighted by molar-refractivity contribution is 7.19. The van der Waals surface area contributed by atoms with Crippen molar-refractivity contribution in [2.24, 2.45) is 0 Å². The minimum atomic E-state index is -0.429. The molecule has 0 saturated heterocycles. The fraction of sp³-hybridized carbons (Fsp3) is 0.100. The van der Waals surface area contributed by atoms with Crippen molar-refractivity contribution in [1.82, 2.24) is 24.8 Å². The second-order valence-electron chi connectivity index (χ2n) is 6.61. The highest BCUT2D eigenvalue weighted by Gasteiger charge is 2.16. The van der Waals surface area contributed by atoms with E-state index >= 15 is 0 Å². The Morgan fingerprint density at radius 2 is 2.00 bits per heavy atom. The first-order valence-corrected chi connectivity index (χ1v) is 9.85. The monoisotopic (exact) mass is 418 g/mol. The van der Waals surface area contributed by atoms with Gasteiger partial charge in [0.05, 0.1) is 10.4 Å². The summed E-state index contributed by atoms with van der Waals surface area (Å²) in [6.07, 6.45) is 0. The summed E-state index contributed by atoms with van der Waals surface area (Å²) in [6.45, 7) is 2.15. The number of benzene rings is 2. The molecule has 3 heterocycles. The predicted octanol–water partition coefficient (Wildman–Crippen LogP) is 4.20. The maximum Gasteiger partial charge on any atom is 0.270 e. The lowest BCUT2D eigenvalue weighted by atomic mass is 10.1. The number of fused-ring (bicyclic) bond motifs is 2. The number of nitrogens with zero attached hydrogens (tertiary/aromatic N) is 6. The summed E-state index contributed by atoms with van der Waals surface area (Å²) in [5.74, 6) is 1.02. The van der Waals surface area contributed by atoms with Crippen LogP contribution in [0.3, 0.4) is 0 Å². The molecule has 148 valence electrons. The van der Waals surface area contributed by atoms with Gasteiger partial charge >= 0.3 is 0 Å². The Hall–Kier alpha value is -3.92. The number of para-hydroxylation sites is 1. The van der Waals surface area contributed by atoms with Gasteiger partial charge in [-0.3, -0.25) is 10.1 Å². The van der Waals surface area contributed by atoms with Gasteiger partial charge in [-0.1, -0.05) is 41.7 Å². The van der Waals surface area contributed by atoms with E-state index in [9.17, 15) is 10.1 Å². The fourth-order valence-electron chi connectivity index (χ4n) is 3.15. The van der Waals surface area contributed by atoms with Crippen molar-refractivity contribution in [1.29, 1.82) is 0 Å². The van der Waals surface area contributed by atoms with Crippen molar-refractivity contribution in [3.63, 3.8) is 0 Å². The largest absolute Gasteiger partial charge is 0.469 e. The van der Waals surface area contributed by atoms with Crippen molar-refractivity contribution in [3.05, 3.63) is 76.1 Å². The van der Waals surface area contributed by atoms with Gasteiger partial charge in [-0.05, 0) is 18.6 Å². The zero-order chi connectivity index (χ0) is 20.7. The van der Waals surface area contributed by atoms with Crippen molar-refractivity contribution >= 4 is 32.9 Å². The van der Waals surface area contributed by atoms with E-state index < -0.39 is 4.92 Å². The maximum atomic E-state index is 11.0. The Balaban J connectivity index is 1.42. The fourth-order valence-corrected chi connectivity index (χ4v) is 4.00. The molecule has 9 nitrogen and oxygen atoms in total. The van der Waals surface area contributed by atoms with Gasteiger partial charge in [0.1, 0.15) is 5.01 Å². The third-order valence-electron chi connectivity index (χ3n) is 4.61. The third-order valence-corrected chi connectivity index (χ3v) is 5.56. The molecule has 0 aliphatic heterocycles. The van der Waals surface area contributed by atoms with E-state index in [2.05, 4.69) is 20.3 Å². The molecule has 0 amide bonds. The van der Waals surface area contributed by atoms with E-state index in [1.54, 1.807) is 16.6 Å². The lowest BCUT2D eigenvalue weighted by Crippen LogP contribution is -2.03. The number of nitro benzene ring substituents is 1. The molecule has 0 radical (unpaired) electrons. The summed E-state index contributed by atoms with van der Waals surface area (Å²) in [7, 11) is 0. The number of hydrogen-bond acceptors (Lipinski definition) is 8. The number of pyridine rings is 1. The number of non-ortho nitro benzene ring substituents is 1. The van der Waals surface area contributed by atoms with Gasteiger partial charge in [-0.15, -0.1) is 10.2 Å². The van der Waals surface area contributed by atoms with E-state index in [1.165, 1.54) is 23.5 Å². The van der Waals surface area contributed by atoms with Crippen LogP contribution in [0, 0.1) is 17.0 Å². The van der Waals surface area contributed by atoms with Crippen LogP contribution in [0.1, 0.15) is 11.4 Å². The van der Waals surface area contributed by atoms with E-state index in [0.29, 0.717) is 27.2 Å². The molecular weight excluding hydrogens is 404 g/mol. The van der Waals surface area contributed by atoms with Crippen LogP contribution in [-0.4, -0.2) is 29.7 Å². The molecule has 0 bridgehead atoms. The van der Waals surface area contributed by atoms with E-state index in [4.69, 9.17) is 4.74 Å². The van der Waals surface area contributed by atoms with Crippen LogP contribution in [0.5, 0.6) is 5.88 Å². The van der Waals surface area contributed by atoms with Crippen molar-refractivity contribution in [2.45, 2.75) is 13.5 Å². The van der Waals surface area contributed by atoms with Crippen LogP contribution in [0.25, 0.3) is 26.4 Å². The second-order valence-corrected chi connectivity index (χ2v) is 7.56. The standard InChI is InChI=1S/C20H14N6O3S/c1-12-9-18(21-16-8-3-2-7-15(12)16)29-11-17-22-23-20-25(17)24-19(30-20)13-5-4-6-14(10-13)26(27)28/h2-10H,11H2,1H3. The molecule has 0 fully saturated rings. The molecule has 0 N–H and O–H groups in total. The van der Waals surface area contributed by atoms with Crippen molar-refractivity contribution < 1.29 is 9.66 Å². The maximum absolute atomic E-state index is 11.0. The molecule has 0 spiro atoms. The van der Waals surface area contributed by atoms with E-state index in [0.717, 1.165) is 16.5 Å². The Kier molecular flexibility index (Phi) is 4.32. The average molecular weight is 418 g/mol. The average Bonchev–Trinajstić information content (AvgIpc) is 3.34. The lowest BCUT2D eigenvalue weighted by molar-refractivity contribution is -0.384. The molecule has 5 rings (SSSR count). The minimum Gasteiger partial charge on any atom is -0.469 e. The summed E-state index contributed by atoms with van der Waals surface area (Å²) in [5, 5.41) is 25.5. The highest BCUT2D eigenvalue weighted by atomic mass is 32.1. The number of aromatic nitrogens is 5. The second kappa shape index (κ2) is 7.16. The number of nitro groups is 1. The Bertz CT molecular complexity index is 1410. The van der Waals surface area contributed by atoms with Crippen LogP contribution in [0.15, 0.2) is 54.6 Å². The molecular formula is C20H14N6O3S. The van der Waals surface area contributed by atoms with E-state index in [-0.39, 0.29) is 12.3 Å². The minimum absolute atomic E-state index is 0.0137. The Morgan fingerprint density at radius 1 is 1.13 bits per heavy atom. The van der Waals surface area contributed by atoms with E-state index in [1.807, 2.05) is 37.3 Å². The zero-order valence-corrected chi connectivity index (χ0v) is 16.5. The normalized spacial score (nSPS) is 11.2. The topological polar surface area (TPSA) is 108 Å². The van der Waals surface area contributed by atoms with Crippen LogP contribution < -0.4 is 4.74 Å². The SMILES string of the molecule is Cc1cc(OCc2nnc3sc(-c4cccc([N+](=O)[O-])c4)nn23)nc2ccccc12. The molecule has 10 heteroatoms. The summed E-state index contributed by atoms with van der Waals surface area (Å²) >= 11 is 1.30. The van der Waals surface area contributed by atoms with Gasteiger partial charge in [0.2, 0.25) is 10.8 Å². The number of rotatable bonds is 5. The van der Waals surface area contributed by atoms with Crippen LogP contribution in [0.2, 0.25) is 0 Å². The van der Waals surface area contributed by atoms with Gasteiger partial charge in [0.25, 0.3) is 5.69 Å². The molecule has 5 aromatic rings. The summed E-state index contributed by atoms with van der Waals surface area (Å²) in [4.78, 5) is 15.7.